The van der Waals surface area contributed by atoms with Crippen molar-refractivity contribution < 1.29 is 9.53 Å². The van der Waals surface area contributed by atoms with Crippen LogP contribution in [0.1, 0.15) is 11.6 Å². The van der Waals surface area contributed by atoms with Gasteiger partial charge in [-0.25, -0.2) is 0 Å². The molecule has 0 radical (unpaired) electrons. The number of hydrogen-bond donors (Lipinski definition) is 1. The summed E-state index contributed by atoms with van der Waals surface area (Å²) < 4.78 is 4.91. The second-order valence-electron chi connectivity index (χ2n) is 6.58. The van der Waals surface area contributed by atoms with Crippen molar-refractivity contribution in [2.75, 3.05) is 72.5 Å². The van der Waals surface area contributed by atoms with Crippen molar-refractivity contribution in [1.29, 1.82) is 0 Å². The Kier molecular flexibility index (Phi) is 7.02. The fraction of sp³-hybridized carbons (Fsp3) is 0.611. The maximum absolute atomic E-state index is 11.8. The third kappa shape index (κ3) is 5.19. The SMILES string of the molecule is COCC(=O)NC[C@@H](c1ccc(N(C)C)cc1)N1CCN(C)CC1. The third-order valence-electron chi connectivity index (χ3n) is 4.54. The summed E-state index contributed by atoms with van der Waals surface area (Å²) in [6.45, 7) is 4.84. The molecule has 0 aliphatic carbocycles. The number of ether oxygens (including phenoxy) is 1. The van der Waals surface area contributed by atoms with Gasteiger partial charge < -0.3 is 19.9 Å². The maximum Gasteiger partial charge on any atom is 0.246 e. The molecule has 1 aromatic carbocycles. The fourth-order valence-corrected chi connectivity index (χ4v) is 2.98. The number of piperazine rings is 1. The van der Waals surface area contributed by atoms with E-state index in [4.69, 9.17) is 4.74 Å². The van der Waals surface area contributed by atoms with Crippen LogP contribution in [0.5, 0.6) is 0 Å². The molecule has 0 saturated carbocycles. The molecule has 1 amide bonds. The van der Waals surface area contributed by atoms with Gasteiger partial charge in [-0.2, -0.15) is 0 Å². The number of amides is 1. The molecule has 1 saturated heterocycles. The molecule has 1 atom stereocenters. The Bertz CT molecular complexity index is 510. The van der Waals surface area contributed by atoms with Gasteiger partial charge >= 0.3 is 0 Å². The fourth-order valence-electron chi connectivity index (χ4n) is 2.98. The molecule has 1 fully saturated rings. The minimum absolute atomic E-state index is 0.0680. The van der Waals surface area contributed by atoms with Crippen molar-refractivity contribution >= 4 is 11.6 Å². The summed E-state index contributed by atoms with van der Waals surface area (Å²) in [6, 6.07) is 8.79. The summed E-state index contributed by atoms with van der Waals surface area (Å²) in [6.07, 6.45) is 0. The Balaban J connectivity index is 2.10. The average molecular weight is 334 g/mol. The third-order valence-corrected chi connectivity index (χ3v) is 4.54. The van der Waals surface area contributed by atoms with E-state index in [9.17, 15) is 4.79 Å². The lowest BCUT2D eigenvalue weighted by Crippen LogP contribution is -2.48. The highest BCUT2D eigenvalue weighted by molar-refractivity contribution is 5.77. The highest BCUT2D eigenvalue weighted by atomic mass is 16.5. The van der Waals surface area contributed by atoms with Crippen molar-refractivity contribution in [3.05, 3.63) is 29.8 Å². The zero-order valence-electron chi connectivity index (χ0n) is 15.3. The second kappa shape index (κ2) is 9.01. The van der Waals surface area contributed by atoms with E-state index in [1.807, 2.05) is 14.1 Å². The Labute approximate surface area is 145 Å². The van der Waals surface area contributed by atoms with Crippen LogP contribution in [0, 0.1) is 0 Å². The topological polar surface area (TPSA) is 48.1 Å². The minimum Gasteiger partial charge on any atom is -0.378 e. The van der Waals surface area contributed by atoms with E-state index in [-0.39, 0.29) is 18.6 Å². The van der Waals surface area contributed by atoms with Gasteiger partial charge in [0.25, 0.3) is 0 Å². The van der Waals surface area contributed by atoms with Crippen LogP contribution in [-0.2, 0) is 9.53 Å². The van der Waals surface area contributed by atoms with Gasteiger partial charge in [0.2, 0.25) is 5.91 Å². The molecule has 6 heteroatoms. The Morgan fingerprint density at radius 2 is 1.83 bits per heavy atom. The first-order valence-electron chi connectivity index (χ1n) is 8.46. The van der Waals surface area contributed by atoms with Gasteiger partial charge in [-0.15, -0.1) is 0 Å². The second-order valence-corrected chi connectivity index (χ2v) is 6.58. The molecule has 1 N–H and O–H groups in total. The monoisotopic (exact) mass is 334 g/mol. The number of nitrogens with zero attached hydrogens (tertiary/aromatic N) is 3. The van der Waals surface area contributed by atoms with Crippen molar-refractivity contribution in [3.8, 4) is 0 Å². The smallest absolute Gasteiger partial charge is 0.246 e. The molecule has 0 spiro atoms. The van der Waals surface area contributed by atoms with Gasteiger partial charge in [0.05, 0.1) is 6.04 Å². The van der Waals surface area contributed by atoms with Crippen molar-refractivity contribution in [2.45, 2.75) is 6.04 Å². The highest BCUT2D eigenvalue weighted by Crippen LogP contribution is 2.24. The number of carbonyl (C=O) groups is 1. The van der Waals surface area contributed by atoms with Gasteiger partial charge in [-0.3, -0.25) is 9.69 Å². The summed E-state index contributed by atoms with van der Waals surface area (Å²) >= 11 is 0. The molecule has 1 aromatic rings. The molecule has 2 rings (SSSR count). The Hall–Kier alpha value is -1.63. The van der Waals surface area contributed by atoms with E-state index in [1.165, 1.54) is 18.4 Å². The van der Waals surface area contributed by atoms with Crippen molar-refractivity contribution in [3.63, 3.8) is 0 Å². The van der Waals surface area contributed by atoms with Gasteiger partial charge in [-0.1, -0.05) is 12.1 Å². The molecular formula is C18H30N4O2. The quantitative estimate of drug-likeness (QED) is 0.799. The van der Waals surface area contributed by atoms with E-state index in [2.05, 4.69) is 51.3 Å². The first kappa shape index (κ1) is 18.7. The maximum atomic E-state index is 11.8. The molecule has 0 unspecified atom stereocenters. The lowest BCUT2D eigenvalue weighted by molar-refractivity contribution is -0.125. The summed E-state index contributed by atoms with van der Waals surface area (Å²) in [5.74, 6) is -0.0680. The predicted octanol–water partition coefficient (Wildman–Crippen LogP) is 0.804. The predicted molar refractivity (Wildman–Crippen MR) is 97.5 cm³/mol. The van der Waals surface area contributed by atoms with Crippen LogP contribution in [-0.4, -0.2) is 83.3 Å². The lowest BCUT2D eigenvalue weighted by atomic mass is 10.0. The van der Waals surface area contributed by atoms with E-state index in [0.29, 0.717) is 6.54 Å². The molecule has 1 aliphatic heterocycles. The van der Waals surface area contributed by atoms with Crippen LogP contribution in [0.15, 0.2) is 24.3 Å². The van der Waals surface area contributed by atoms with Crippen LogP contribution in [0.2, 0.25) is 0 Å². The van der Waals surface area contributed by atoms with Crippen LogP contribution < -0.4 is 10.2 Å². The van der Waals surface area contributed by atoms with Crippen LogP contribution >= 0.6 is 0 Å². The summed E-state index contributed by atoms with van der Waals surface area (Å²) in [5.41, 5.74) is 2.42. The molecule has 0 bridgehead atoms. The van der Waals surface area contributed by atoms with Gasteiger partial charge in [0.15, 0.2) is 0 Å². The molecule has 1 heterocycles. The summed E-state index contributed by atoms with van der Waals surface area (Å²) in [7, 11) is 7.77. The molecule has 24 heavy (non-hydrogen) atoms. The van der Waals surface area contributed by atoms with Crippen LogP contribution in [0.3, 0.4) is 0 Å². The largest absolute Gasteiger partial charge is 0.378 e. The number of nitrogens with one attached hydrogen (secondary N) is 1. The summed E-state index contributed by atoms with van der Waals surface area (Å²) in [4.78, 5) is 18.7. The Morgan fingerprint density at radius 1 is 1.21 bits per heavy atom. The number of carbonyl (C=O) groups excluding carboxylic acids is 1. The number of benzene rings is 1. The zero-order valence-corrected chi connectivity index (χ0v) is 15.3. The zero-order chi connectivity index (χ0) is 17.5. The standard InChI is InChI=1S/C18H30N4O2/c1-20(2)16-7-5-15(6-8-16)17(13-19-18(23)14-24-4)22-11-9-21(3)10-12-22/h5-8,17H,9-14H2,1-4H3,(H,19,23)/t17-/m0/s1. The number of methoxy groups -OCH3 is 1. The van der Waals surface area contributed by atoms with Gasteiger partial charge in [0, 0.05) is 59.6 Å². The van der Waals surface area contributed by atoms with Crippen molar-refractivity contribution in [2.24, 2.45) is 0 Å². The number of hydrogen-bond acceptors (Lipinski definition) is 5. The van der Waals surface area contributed by atoms with Crippen LogP contribution in [0.25, 0.3) is 0 Å². The first-order chi connectivity index (χ1) is 11.5. The van der Waals surface area contributed by atoms with E-state index >= 15 is 0 Å². The molecule has 134 valence electrons. The Morgan fingerprint density at radius 3 is 2.38 bits per heavy atom. The molecular weight excluding hydrogens is 304 g/mol. The van der Waals surface area contributed by atoms with Crippen LogP contribution in [0.4, 0.5) is 5.69 Å². The van der Waals surface area contributed by atoms with Gasteiger partial charge in [-0.05, 0) is 24.7 Å². The van der Waals surface area contributed by atoms with E-state index in [0.717, 1.165) is 26.2 Å². The van der Waals surface area contributed by atoms with E-state index < -0.39 is 0 Å². The van der Waals surface area contributed by atoms with Gasteiger partial charge in [0.1, 0.15) is 6.61 Å². The highest BCUT2D eigenvalue weighted by Gasteiger charge is 2.24. The summed E-state index contributed by atoms with van der Waals surface area (Å²) in [5, 5.41) is 3.00. The van der Waals surface area contributed by atoms with Crippen molar-refractivity contribution in [1.82, 2.24) is 15.1 Å². The molecule has 6 nitrogen and oxygen atoms in total. The number of anilines is 1. The number of rotatable bonds is 7. The first-order valence-corrected chi connectivity index (χ1v) is 8.46. The molecule has 1 aliphatic rings. The average Bonchev–Trinajstić information content (AvgIpc) is 2.57. The minimum atomic E-state index is -0.0680. The number of likely N-dealkylation sites (N-methyl/N-ethyl adjacent to an activating group) is 1. The normalized spacial score (nSPS) is 17.5. The van der Waals surface area contributed by atoms with E-state index in [1.54, 1.807) is 0 Å². The lowest BCUT2D eigenvalue weighted by Gasteiger charge is -2.38. The molecule has 0 aromatic heterocycles.